The van der Waals surface area contributed by atoms with Crippen LogP contribution < -0.4 is 0 Å². The third-order valence-electron chi connectivity index (χ3n) is 1.14. The molecule has 0 N–H and O–H groups in total. The van der Waals surface area contributed by atoms with Crippen molar-refractivity contribution in [2.45, 2.75) is 6.92 Å². The second-order valence-electron chi connectivity index (χ2n) is 1.97. The van der Waals surface area contributed by atoms with E-state index in [1.54, 1.807) is 0 Å². The van der Waals surface area contributed by atoms with E-state index in [1.807, 2.05) is 12.1 Å². The Balaban J connectivity index is 2.85. The van der Waals surface area contributed by atoms with Gasteiger partial charge in [-0.05, 0) is 0 Å². The normalized spacial score (nSPS) is 9.80. The van der Waals surface area contributed by atoms with Gasteiger partial charge in [-0.1, -0.05) is 0 Å². The molecule has 0 aromatic carbocycles. The zero-order valence-electron chi connectivity index (χ0n) is 5.56. The number of hydrogen-bond acceptors (Lipinski definition) is 1. The van der Waals surface area contributed by atoms with Gasteiger partial charge in [-0.15, -0.1) is 0 Å². The number of aryl methyl sites for hydroxylation is 1. The zero-order chi connectivity index (χ0) is 7.56. The molecule has 0 amide bonds. The van der Waals surface area contributed by atoms with Crippen LogP contribution in [0.4, 0.5) is 0 Å². The standard InChI is InChI=1S/C7H7BrOSe/c1-5-2-3-7(10-5)6(9)4-8/h2-3H,4H2,1H3. The first-order chi connectivity index (χ1) is 4.74. The van der Waals surface area contributed by atoms with Crippen LogP contribution in [0.5, 0.6) is 0 Å². The first-order valence-corrected chi connectivity index (χ1v) is 5.73. The summed E-state index contributed by atoms with van der Waals surface area (Å²) in [5, 5.41) is 0.460. The Morgan fingerprint density at radius 1 is 1.70 bits per heavy atom. The van der Waals surface area contributed by atoms with Gasteiger partial charge in [0.25, 0.3) is 0 Å². The van der Waals surface area contributed by atoms with Crippen molar-refractivity contribution in [2.75, 3.05) is 5.33 Å². The van der Waals surface area contributed by atoms with Crippen molar-refractivity contribution in [1.82, 2.24) is 0 Å². The van der Waals surface area contributed by atoms with Crippen molar-refractivity contribution < 1.29 is 4.79 Å². The number of alkyl halides is 1. The molecule has 3 heteroatoms. The van der Waals surface area contributed by atoms with Crippen LogP contribution >= 0.6 is 15.9 Å². The molecule has 0 aliphatic rings. The van der Waals surface area contributed by atoms with E-state index in [9.17, 15) is 4.79 Å². The fraction of sp³-hybridized carbons (Fsp3) is 0.286. The number of rotatable bonds is 2. The summed E-state index contributed by atoms with van der Waals surface area (Å²) in [5.41, 5.74) is 0. The number of hydrogen-bond donors (Lipinski definition) is 0. The van der Waals surface area contributed by atoms with Gasteiger partial charge in [-0.2, -0.15) is 0 Å². The Morgan fingerprint density at radius 2 is 2.40 bits per heavy atom. The third kappa shape index (κ3) is 1.82. The van der Waals surface area contributed by atoms with E-state index in [2.05, 4.69) is 22.9 Å². The van der Waals surface area contributed by atoms with Crippen molar-refractivity contribution in [3.8, 4) is 0 Å². The average molecular weight is 266 g/mol. The molecule has 54 valence electrons. The minimum atomic E-state index is 0.230. The topological polar surface area (TPSA) is 17.1 Å². The van der Waals surface area contributed by atoms with Crippen LogP contribution in [0.1, 0.15) is 13.7 Å². The summed E-state index contributed by atoms with van der Waals surface area (Å²) in [6.45, 7) is 2.06. The van der Waals surface area contributed by atoms with Crippen LogP contribution in [0.3, 0.4) is 0 Å². The van der Waals surface area contributed by atoms with Crippen LogP contribution in [-0.4, -0.2) is 25.6 Å². The fourth-order valence-electron chi connectivity index (χ4n) is 0.650. The Bertz CT molecular complexity index is 242. The second kappa shape index (κ2) is 3.51. The van der Waals surface area contributed by atoms with Gasteiger partial charge in [0.1, 0.15) is 0 Å². The van der Waals surface area contributed by atoms with E-state index >= 15 is 0 Å². The summed E-state index contributed by atoms with van der Waals surface area (Å²) in [4.78, 5) is 11.0. The molecule has 0 fully saturated rings. The van der Waals surface area contributed by atoms with Crippen molar-refractivity contribution in [2.24, 2.45) is 0 Å². The molecule has 1 aromatic rings. The Labute approximate surface area is 74.3 Å². The molecule has 0 unspecified atom stereocenters. The molecule has 0 bridgehead atoms. The predicted octanol–water partition coefficient (Wildman–Crippen LogP) is 1.63. The maximum atomic E-state index is 11.0. The molecule has 0 aliphatic carbocycles. The third-order valence-corrected chi connectivity index (χ3v) is 3.83. The summed E-state index contributed by atoms with van der Waals surface area (Å²) in [7, 11) is 0. The first-order valence-electron chi connectivity index (χ1n) is 2.89. The Morgan fingerprint density at radius 3 is 2.80 bits per heavy atom. The monoisotopic (exact) mass is 266 g/mol. The van der Waals surface area contributed by atoms with Crippen molar-refractivity contribution >= 4 is 36.2 Å². The molecule has 0 atom stereocenters. The molecule has 0 saturated heterocycles. The van der Waals surface area contributed by atoms with Crippen molar-refractivity contribution in [1.29, 1.82) is 0 Å². The summed E-state index contributed by atoms with van der Waals surface area (Å²) in [6.07, 6.45) is 0. The molecule has 1 aromatic heterocycles. The molecular formula is C7H7BrOSe. The Hall–Kier alpha value is 0.149. The number of carbonyl (C=O) groups excluding carboxylic acids is 1. The molecule has 0 radical (unpaired) electrons. The molecule has 10 heavy (non-hydrogen) atoms. The molecular weight excluding hydrogens is 259 g/mol. The van der Waals surface area contributed by atoms with Gasteiger partial charge in [0, 0.05) is 0 Å². The second-order valence-corrected chi connectivity index (χ2v) is 5.23. The number of carbonyl (C=O) groups is 1. The van der Waals surface area contributed by atoms with E-state index in [1.165, 1.54) is 4.44 Å². The maximum absolute atomic E-state index is 11.0. The van der Waals surface area contributed by atoms with Crippen LogP contribution in [0, 0.1) is 6.92 Å². The van der Waals surface area contributed by atoms with Gasteiger partial charge >= 0.3 is 74.3 Å². The number of halogens is 1. The summed E-state index contributed by atoms with van der Waals surface area (Å²) >= 11 is 3.45. The van der Waals surface area contributed by atoms with Gasteiger partial charge in [0.15, 0.2) is 0 Å². The molecule has 1 nitrogen and oxygen atoms in total. The minimum absolute atomic E-state index is 0.230. The quantitative estimate of drug-likeness (QED) is 0.451. The Kier molecular flexibility index (Phi) is 2.90. The SMILES string of the molecule is Cc1ccc(C(=O)CBr)[se]1. The summed E-state index contributed by atoms with van der Waals surface area (Å²) in [6, 6.07) is 3.95. The summed E-state index contributed by atoms with van der Waals surface area (Å²) in [5.74, 6) is 0.230. The number of ketones is 1. The van der Waals surface area contributed by atoms with Crippen LogP contribution in [-0.2, 0) is 0 Å². The summed E-state index contributed by atoms with van der Waals surface area (Å²) < 4.78 is 2.32. The van der Waals surface area contributed by atoms with Crippen LogP contribution in [0.15, 0.2) is 12.1 Å². The first kappa shape index (κ1) is 8.25. The molecule has 0 spiro atoms. The zero-order valence-corrected chi connectivity index (χ0v) is 8.86. The molecule has 1 rings (SSSR count). The molecule has 0 aliphatic heterocycles. The molecule has 0 saturated carbocycles. The van der Waals surface area contributed by atoms with E-state index in [0.29, 0.717) is 19.8 Å². The van der Waals surface area contributed by atoms with Gasteiger partial charge in [0.2, 0.25) is 0 Å². The van der Waals surface area contributed by atoms with Gasteiger partial charge in [0.05, 0.1) is 0 Å². The van der Waals surface area contributed by atoms with Crippen molar-refractivity contribution in [3.05, 3.63) is 21.0 Å². The molecule has 1 heterocycles. The van der Waals surface area contributed by atoms with Gasteiger partial charge in [-0.25, -0.2) is 0 Å². The van der Waals surface area contributed by atoms with E-state index < -0.39 is 0 Å². The predicted molar refractivity (Wildman–Crippen MR) is 46.2 cm³/mol. The number of Topliss-reactive ketones (excluding diaryl/α,β-unsaturated/α-hetero) is 1. The van der Waals surface area contributed by atoms with E-state index in [4.69, 9.17) is 0 Å². The average Bonchev–Trinajstić information content (AvgIpc) is 2.34. The fourth-order valence-corrected chi connectivity index (χ4v) is 3.06. The van der Waals surface area contributed by atoms with Gasteiger partial charge < -0.3 is 0 Å². The van der Waals surface area contributed by atoms with Crippen molar-refractivity contribution in [3.63, 3.8) is 0 Å². The van der Waals surface area contributed by atoms with E-state index in [-0.39, 0.29) is 5.78 Å². The van der Waals surface area contributed by atoms with Crippen LogP contribution in [0.25, 0.3) is 0 Å². The van der Waals surface area contributed by atoms with E-state index in [0.717, 1.165) is 4.44 Å². The van der Waals surface area contributed by atoms with Crippen LogP contribution in [0.2, 0.25) is 0 Å². The van der Waals surface area contributed by atoms with Gasteiger partial charge in [-0.3, -0.25) is 0 Å².